The van der Waals surface area contributed by atoms with Crippen LogP contribution >= 0.6 is 0 Å². The van der Waals surface area contributed by atoms with Gasteiger partial charge in [-0.25, -0.2) is 4.79 Å². The molecule has 0 aliphatic rings. The SMILES string of the molecule is C=CCOC(=O)C(CC(=C)C(=O)OCc1ccccc1)(C(=O)OCC=C)C(=O)OCc1ccccc1. The van der Waals surface area contributed by atoms with E-state index < -0.39 is 35.7 Å². The highest BCUT2D eigenvalue weighted by Gasteiger charge is 2.58. The lowest BCUT2D eigenvalue weighted by atomic mass is 9.81. The van der Waals surface area contributed by atoms with Gasteiger partial charge in [0.1, 0.15) is 26.4 Å². The molecule has 0 aromatic heterocycles. The van der Waals surface area contributed by atoms with E-state index in [4.69, 9.17) is 18.9 Å². The number of ether oxygens (including phenoxy) is 4. The van der Waals surface area contributed by atoms with Gasteiger partial charge >= 0.3 is 23.9 Å². The Morgan fingerprint density at radius 2 is 1.08 bits per heavy atom. The van der Waals surface area contributed by atoms with E-state index in [2.05, 4.69) is 19.7 Å². The van der Waals surface area contributed by atoms with E-state index in [1.807, 2.05) is 6.07 Å². The number of esters is 4. The molecule has 0 saturated heterocycles. The Morgan fingerprint density at radius 3 is 1.53 bits per heavy atom. The van der Waals surface area contributed by atoms with Gasteiger partial charge < -0.3 is 18.9 Å². The third-order valence-corrected chi connectivity index (χ3v) is 4.90. The first-order valence-corrected chi connectivity index (χ1v) is 11.0. The molecule has 0 saturated carbocycles. The molecule has 8 nitrogen and oxygen atoms in total. The summed E-state index contributed by atoms with van der Waals surface area (Å²) in [5, 5.41) is 0. The topological polar surface area (TPSA) is 105 Å². The molecule has 0 unspecified atom stereocenters. The van der Waals surface area contributed by atoms with Gasteiger partial charge in [-0.15, -0.1) is 0 Å². The molecule has 36 heavy (non-hydrogen) atoms. The van der Waals surface area contributed by atoms with Crippen LogP contribution in [0.2, 0.25) is 0 Å². The van der Waals surface area contributed by atoms with E-state index in [1.165, 1.54) is 12.2 Å². The van der Waals surface area contributed by atoms with E-state index in [-0.39, 0.29) is 32.0 Å². The third-order valence-electron chi connectivity index (χ3n) is 4.90. The average molecular weight is 493 g/mol. The Bertz CT molecular complexity index is 1070. The molecule has 2 aromatic rings. The van der Waals surface area contributed by atoms with Gasteiger partial charge in [-0.3, -0.25) is 14.4 Å². The van der Waals surface area contributed by atoms with Crippen LogP contribution in [-0.4, -0.2) is 37.1 Å². The van der Waals surface area contributed by atoms with Crippen LogP contribution in [-0.2, 0) is 51.3 Å². The van der Waals surface area contributed by atoms with Crippen molar-refractivity contribution in [3.05, 3.63) is 109 Å². The molecule has 0 bridgehead atoms. The molecular weight excluding hydrogens is 464 g/mol. The summed E-state index contributed by atoms with van der Waals surface area (Å²) in [6.07, 6.45) is 1.74. The Kier molecular flexibility index (Phi) is 10.8. The summed E-state index contributed by atoms with van der Waals surface area (Å²) in [5.74, 6) is -4.71. The summed E-state index contributed by atoms with van der Waals surface area (Å²) in [6.45, 7) is 9.64. The lowest BCUT2D eigenvalue weighted by Crippen LogP contribution is -2.50. The lowest BCUT2D eigenvalue weighted by molar-refractivity contribution is -0.184. The van der Waals surface area contributed by atoms with E-state index in [0.717, 1.165) is 0 Å². The fraction of sp³-hybridized carbons (Fsp3) is 0.214. The maximum Gasteiger partial charge on any atom is 0.335 e. The third kappa shape index (κ3) is 7.53. The highest BCUT2D eigenvalue weighted by Crippen LogP contribution is 2.33. The van der Waals surface area contributed by atoms with Crippen molar-refractivity contribution in [2.24, 2.45) is 5.41 Å². The van der Waals surface area contributed by atoms with Gasteiger partial charge in [0.25, 0.3) is 5.41 Å². The number of hydrogen-bond acceptors (Lipinski definition) is 8. The summed E-state index contributed by atoms with van der Waals surface area (Å²) in [6, 6.07) is 17.5. The van der Waals surface area contributed by atoms with Crippen LogP contribution in [0.25, 0.3) is 0 Å². The number of carbonyl (C=O) groups excluding carboxylic acids is 4. The van der Waals surface area contributed by atoms with Crippen molar-refractivity contribution < 1.29 is 38.1 Å². The van der Waals surface area contributed by atoms with E-state index in [0.29, 0.717) is 11.1 Å². The highest BCUT2D eigenvalue weighted by atomic mass is 16.6. The van der Waals surface area contributed by atoms with Crippen LogP contribution in [0.15, 0.2) is 98.1 Å². The summed E-state index contributed by atoms with van der Waals surface area (Å²) >= 11 is 0. The lowest BCUT2D eigenvalue weighted by Gasteiger charge is -2.27. The van der Waals surface area contributed by atoms with Gasteiger partial charge in [-0.05, 0) is 11.1 Å². The Balaban J connectivity index is 2.33. The molecule has 0 N–H and O–H groups in total. The van der Waals surface area contributed by atoms with E-state index in [9.17, 15) is 19.2 Å². The first kappa shape index (κ1) is 27.8. The smallest absolute Gasteiger partial charge is 0.335 e. The molecule has 0 atom stereocenters. The Morgan fingerprint density at radius 1 is 0.667 bits per heavy atom. The van der Waals surface area contributed by atoms with Crippen LogP contribution < -0.4 is 0 Å². The maximum atomic E-state index is 13.3. The van der Waals surface area contributed by atoms with Gasteiger partial charge in [0.2, 0.25) is 0 Å². The van der Waals surface area contributed by atoms with Crippen molar-refractivity contribution in [3.8, 4) is 0 Å². The first-order chi connectivity index (χ1) is 17.3. The van der Waals surface area contributed by atoms with Crippen LogP contribution in [0.3, 0.4) is 0 Å². The van der Waals surface area contributed by atoms with Crippen molar-refractivity contribution in [3.63, 3.8) is 0 Å². The minimum absolute atomic E-state index is 0.0774. The summed E-state index contributed by atoms with van der Waals surface area (Å²) in [5.41, 5.74) is -1.67. The van der Waals surface area contributed by atoms with Gasteiger partial charge in [-0.1, -0.05) is 92.6 Å². The van der Waals surface area contributed by atoms with Gasteiger partial charge in [0.05, 0.1) is 0 Å². The Labute approximate surface area is 209 Å². The van der Waals surface area contributed by atoms with Gasteiger partial charge in [0.15, 0.2) is 0 Å². The zero-order valence-electron chi connectivity index (χ0n) is 19.9. The molecule has 0 heterocycles. The van der Waals surface area contributed by atoms with Crippen LogP contribution in [0.1, 0.15) is 17.5 Å². The second-order valence-electron chi connectivity index (χ2n) is 7.58. The van der Waals surface area contributed by atoms with Crippen LogP contribution in [0.4, 0.5) is 0 Å². The molecule has 0 spiro atoms. The van der Waals surface area contributed by atoms with Crippen LogP contribution in [0.5, 0.6) is 0 Å². The molecule has 188 valence electrons. The molecular formula is C28H28O8. The van der Waals surface area contributed by atoms with Crippen molar-refractivity contribution in [2.75, 3.05) is 13.2 Å². The monoisotopic (exact) mass is 492 g/mol. The number of rotatable bonds is 14. The van der Waals surface area contributed by atoms with Gasteiger partial charge in [0, 0.05) is 12.0 Å². The largest absolute Gasteiger partial charge is 0.460 e. The normalized spacial score (nSPS) is 10.4. The van der Waals surface area contributed by atoms with Crippen molar-refractivity contribution >= 4 is 23.9 Å². The van der Waals surface area contributed by atoms with Crippen molar-refractivity contribution in [1.82, 2.24) is 0 Å². The second-order valence-corrected chi connectivity index (χ2v) is 7.58. The molecule has 0 radical (unpaired) electrons. The molecule has 0 amide bonds. The zero-order chi connectivity index (χ0) is 26.4. The van der Waals surface area contributed by atoms with Crippen molar-refractivity contribution in [2.45, 2.75) is 19.6 Å². The summed E-state index contributed by atoms with van der Waals surface area (Å²) in [4.78, 5) is 52.2. The molecule has 0 aliphatic heterocycles. The Hall–Kier alpha value is -4.46. The predicted molar refractivity (Wildman–Crippen MR) is 131 cm³/mol. The minimum atomic E-state index is -2.66. The zero-order valence-corrected chi connectivity index (χ0v) is 19.9. The number of hydrogen-bond donors (Lipinski definition) is 0. The second kappa shape index (κ2) is 14.1. The van der Waals surface area contributed by atoms with Gasteiger partial charge in [-0.2, -0.15) is 0 Å². The molecule has 0 fully saturated rings. The minimum Gasteiger partial charge on any atom is -0.460 e. The number of carbonyl (C=O) groups is 4. The highest BCUT2D eigenvalue weighted by molar-refractivity contribution is 6.18. The standard InChI is InChI=1S/C28H28O8/c1-4-16-33-25(30)28(26(31)34-17-5-2,27(32)36-20-23-14-10-7-11-15-23)18-21(3)24(29)35-19-22-12-8-6-9-13-22/h4-15H,1-3,16-20H2. The molecule has 8 heteroatoms. The maximum absolute atomic E-state index is 13.3. The number of benzene rings is 2. The summed E-state index contributed by atoms with van der Waals surface area (Å²) in [7, 11) is 0. The van der Waals surface area contributed by atoms with Crippen molar-refractivity contribution in [1.29, 1.82) is 0 Å². The van der Waals surface area contributed by atoms with Crippen LogP contribution in [0, 0.1) is 5.41 Å². The van der Waals surface area contributed by atoms with E-state index >= 15 is 0 Å². The predicted octanol–water partition coefficient (Wildman–Crippen LogP) is 3.86. The quantitative estimate of drug-likeness (QED) is 0.129. The first-order valence-electron chi connectivity index (χ1n) is 11.0. The fourth-order valence-corrected chi connectivity index (χ4v) is 3.05. The molecule has 2 rings (SSSR count). The molecule has 0 aliphatic carbocycles. The fourth-order valence-electron chi connectivity index (χ4n) is 3.05. The molecule has 2 aromatic carbocycles. The average Bonchev–Trinajstić information content (AvgIpc) is 2.91. The summed E-state index contributed by atoms with van der Waals surface area (Å²) < 4.78 is 20.7. The van der Waals surface area contributed by atoms with E-state index in [1.54, 1.807) is 54.6 Å².